The first kappa shape index (κ1) is 13.6. The molecule has 0 fully saturated rings. The van der Waals surface area contributed by atoms with Crippen molar-refractivity contribution in [2.75, 3.05) is 6.54 Å². The summed E-state index contributed by atoms with van der Waals surface area (Å²) in [5.74, 6) is -1.14. The average molecular weight is 302 g/mol. The number of carboxylic acid groups (broad SMARTS) is 1. The minimum absolute atomic E-state index is 0.0170. The molecule has 0 aliphatic carbocycles. The van der Waals surface area contributed by atoms with Crippen molar-refractivity contribution in [2.45, 2.75) is 11.4 Å². The fourth-order valence-electron chi connectivity index (χ4n) is 1.30. The van der Waals surface area contributed by atoms with Crippen LogP contribution in [0, 0.1) is 0 Å². The molecule has 2 aromatic rings. The van der Waals surface area contributed by atoms with Gasteiger partial charge in [0.25, 0.3) is 0 Å². The summed E-state index contributed by atoms with van der Waals surface area (Å²) in [4.78, 5) is 10.6. The van der Waals surface area contributed by atoms with Gasteiger partial charge in [-0.25, -0.2) is 17.9 Å². The molecule has 2 heterocycles. The Morgan fingerprint density at radius 3 is 2.89 bits per heavy atom. The monoisotopic (exact) mass is 302 g/mol. The Labute approximate surface area is 112 Å². The molecule has 19 heavy (non-hydrogen) atoms. The molecule has 0 spiro atoms. The zero-order chi connectivity index (χ0) is 13.9. The third-order valence-corrected chi connectivity index (χ3v) is 4.71. The van der Waals surface area contributed by atoms with Crippen LogP contribution in [0.15, 0.2) is 28.7 Å². The lowest BCUT2D eigenvalue weighted by atomic mass is 10.5. The van der Waals surface area contributed by atoms with Crippen LogP contribution in [-0.2, 0) is 16.6 Å². The molecule has 8 nitrogen and oxygen atoms in total. The summed E-state index contributed by atoms with van der Waals surface area (Å²) in [6.45, 7) is 0.485. The Morgan fingerprint density at radius 1 is 1.53 bits per heavy atom. The Hall–Kier alpha value is -1.78. The lowest BCUT2D eigenvalue weighted by molar-refractivity contribution is 0.0702. The summed E-state index contributed by atoms with van der Waals surface area (Å²) in [6, 6.07) is 1.13. The zero-order valence-electron chi connectivity index (χ0n) is 9.55. The SMILES string of the molecule is O=C(O)c1cc(S(=O)(=O)NCCn2ccnn2)cs1. The second-order valence-electron chi connectivity index (χ2n) is 3.52. The van der Waals surface area contributed by atoms with Crippen molar-refractivity contribution in [2.24, 2.45) is 0 Å². The molecule has 0 saturated heterocycles. The van der Waals surface area contributed by atoms with Crippen LogP contribution in [0.2, 0.25) is 0 Å². The van der Waals surface area contributed by atoms with E-state index in [0.717, 1.165) is 17.4 Å². The second-order valence-corrected chi connectivity index (χ2v) is 6.19. The average Bonchev–Trinajstić information content (AvgIpc) is 2.99. The number of thiophene rings is 1. The standard InChI is InChI=1S/C9H10N4O4S2/c14-9(15)8-5-7(6-18-8)19(16,17)11-2-4-13-3-1-10-12-13/h1,3,5-6,11H,2,4H2,(H,14,15). The maximum absolute atomic E-state index is 11.9. The van der Waals surface area contributed by atoms with E-state index in [2.05, 4.69) is 15.0 Å². The number of rotatable bonds is 6. The van der Waals surface area contributed by atoms with Gasteiger partial charge in [-0.3, -0.25) is 4.68 Å². The van der Waals surface area contributed by atoms with Gasteiger partial charge in [0.1, 0.15) is 4.88 Å². The molecule has 0 atom stereocenters. The first-order valence-electron chi connectivity index (χ1n) is 5.14. The van der Waals surface area contributed by atoms with E-state index in [9.17, 15) is 13.2 Å². The third kappa shape index (κ3) is 3.36. The van der Waals surface area contributed by atoms with Crippen molar-refractivity contribution < 1.29 is 18.3 Å². The lowest BCUT2D eigenvalue weighted by Gasteiger charge is -2.04. The molecule has 0 unspecified atom stereocenters. The van der Waals surface area contributed by atoms with Gasteiger partial charge < -0.3 is 5.11 Å². The van der Waals surface area contributed by atoms with Gasteiger partial charge in [0.2, 0.25) is 10.0 Å². The van der Waals surface area contributed by atoms with E-state index in [1.54, 1.807) is 6.20 Å². The van der Waals surface area contributed by atoms with Gasteiger partial charge in [0.05, 0.1) is 17.6 Å². The molecule has 0 aliphatic heterocycles. The van der Waals surface area contributed by atoms with Crippen LogP contribution in [0.4, 0.5) is 0 Å². The van der Waals surface area contributed by atoms with Crippen molar-refractivity contribution in [3.8, 4) is 0 Å². The Kier molecular flexibility index (Phi) is 3.93. The minimum Gasteiger partial charge on any atom is -0.477 e. The highest BCUT2D eigenvalue weighted by Gasteiger charge is 2.17. The van der Waals surface area contributed by atoms with Crippen LogP contribution >= 0.6 is 11.3 Å². The molecular formula is C9H10N4O4S2. The quantitative estimate of drug-likeness (QED) is 0.777. The van der Waals surface area contributed by atoms with Crippen LogP contribution in [0.1, 0.15) is 9.67 Å². The van der Waals surface area contributed by atoms with E-state index in [4.69, 9.17) is 5.11 Å². The highest BCUT2D eigenvalue weighted by atomic mass is 32.2. The molecule has 2 aromatic heterocycles. The fraction of sp³-hybridized carbons (Fsp3) is 0.222. The summed E-state index contributed by atoms with van der Waals surface area (Å²) in [5, 5.41) is 17.3. The van der Waals surface area contributed by atoms with Crippen molar-refractivity contribution in [1.82, 2.24) is 19.7 Å². The Morgan fingerprint density at radius 2 is 2.32 bits per heavy atom. The van der Waals surface area contributed by atoms with Crippen LogP contribution in [0.5, 0.6) is 0 Å². The number of carboxylic acids is 1. The maximum Gasteiger partial charge on any atom is 0.345 e. The van der Waals surface area contributed by atoms with Gasteiger partial charge >= 0.3 is 5.97 Å². The first-order valence-corrected chi connectivity index (χ1v) is 7.51. The predicted octanol–water partition coefficient (Wildman–Crippen LogP) is 0.0163. The number of aromatic nitrogens is 3. The van der Waals surface area contributed by atoms with Crippen LogP contribution < -0.4 is 4.72 Å². The van der Waals surface area contributed by atoms with Crippen LogP contribution in [0.3, 0.4) is 0 Å². The highest BCUT2D eigenvalue weighted by molar-refractivity contribution is 7.89. The number of nitrogens with one attached hydrogen (secondary N) is 1. The van der Waals surface area contributed by atoms with Gasteiger partial charge in [-0.1, -0.05) is 5.21 Å². The molecule has 10 heteroatoms. The molecule has 102 valence electrons. The fourth-order valence-corrected chi connectivity index (χ4v) is 3.43. The Balaban J connectivity index is 1.99. The van der Waals surface area contributed by atoms with E-state index >= 15 is 0 Å². The molecule has 0 amide bonds. The summed E-state index contributed by atoms with van der Waals surface area (Å²) in [7, 11) is -3.69. The van der Waals surface area contributed by atoms with E-state index in [0.29, 0.717) is 6.54 Å². The van der Waals surface area contributed by atoms with Gasteiger partial charge in [-0.05, 0) is 6.07 Å². The normalized spacial score (nSPS) is 11.6. The molecule has 0 bridgehead atoms. The van der Waals surface area contributed by atoms with Crippen molar-refractivity contribution in [3.63, 3.8) is 0 Å². The van der Waals surface area contributed by atoms with Gasteiger partial charge in [-0.15, -0.1) is 16.4 Å². The molecule has 0 saturated carbocycles. The van der Waals surface area contributed by atoms with Crippen LogP contribution in [-0.4, -0.2) is 41.0 Å². The van der Waals surface area contributed by atoms with Crippen molar-refractivity contribution in [1.29, 1.82) is 0 Å². The molecular weight excluding hydrogens is 292 g/mol. The largest absolute Gasteiger partial charge is 0.477 e. The molecule has 0 aromatic carbocycles. The maximum atomic E-state index is 11.9. The number of hydrogen-bond acceptors (Lipinski definition) is 6. The molecule has 0 radical (unpaired) electrons. The molecule has 2 rings (SSSR count). The van der Waals surface area contributed by atoms with Gasteiger partial charge in [-0.2, -0.15) is 0 Å². The molecule has 2 N–H and O–H groups in total. The summed E-state index contributed by atoms with van der Waals surface area (Å²) < 4.78 is 27.6. The number of sulfonamides is 1. The molecule has 0 aliphatic rings. The third-order valence-electron chi connectivity index (χ3n) is 2.20. The summed E-state index contributed by atoms with van der Waals surface area (Å²) in [5.41, 5.74) is 0. The second kappa shape index (κ2) is 5.47. The van der Waals surface area contributed by atoms with Crippen LogP contribution in [0.25, 0.3) is 0 Å². The Bertz CT molecular complexity index is 662. The number of carbonyl (C=O) groups is 1. The van der Waals surface area contributed by atoms with Gasteiger partial charge in [0, 0.05) is 18.1 Å². The van der Waals surface area contributed by atoms with E-state index in [-0.39, 0.29) is 16.3 Å². The van der Waals surface area contributed by atoms with Crippen molar-refractivity contribution in [3.05, 3.63) is 28.7 Å². The minimum atomic E-state index is -3.69. The van der Waals surface area contributed by atoms with E-state index in [1.165, 1.54) is 16.3 Å². The van der Waals surface area contributed by atoms with E-state index in [1.807, 2.05) is 0 Å². The number of nitrogens with zero attached hydrogens (tertiary/aromatic N) is 3. The zero-order valence-corrected chi connectivity index (χ0v) is 11.2. The van der Waals surface area contributed by atoms with Gasteiger partial charge in [0.15, 0.2) is 0 Å². The predicted molar refractivity (Wildman–Crippen MR) is 66.5 cm³/mol. The van der Waals surface area contributed by atoms with Crippen molar-refractivity contribution >= 4 is 27.3 Å². The highest BCUT2D eigenvalue weighted by Crippen LogP contribution is 2.18. The van der Waals surface area contributed by atoms with E-state index < -0.39 is 16.0 Å². The number of hydrogen-bond donors (Lipinski definition) is 2. The first-order chi connectivity index (χ1) is 8.99. The summed E-state index contributed by atoms with van der Waals surface area (Å²) >= 11 is 0.869. The topological polar surface area (TPSA) is 114 Å². The lowest BCUT2D eigenvalue weighted by Crippen LogP contribution is -2.27. The number of aromatic carboxylic acids is 1. The smallest absolute Gasteiger partial charge is 0.345 e. The summed E-state index contributed by atoms with van der Waals surface area (Å²) in [6.07, 6.45) is 3.11.